The Morgan fingerprint density at radius 1 is 1.21 bits per heavy atom. The molecule has 0 N–H and O–H groups in total. The Kier molecular flexibility index (Phi) is 4.22. The molecule has 0 unspecified atom stereocenters. The maximum Gasteiger partial charge on any atom is 0.343 e. The molecule has 0 aromatic heterocycles. The van der Waals surface area contributed by atoms with Crippen molar-refractivity contribution < 1.29 is 9.53 Å². The second-order valence-electron chi connectivity index (χ2n) is 3.76. The van der Waals surface area contributed by atoms with Crippen LogP contribution >= 0.6 is 11.8 Å². The number of esters is 1. The van der Waals surface area contributed by atoms with E-state index in [-0.39, 0.29) is 0 Å². The fraction of sp³-hybridized carbons (Fsp3) is 0.0667. The summed E-state index contributed by atoms with van der Waals surface area (Å²) in [5, 5.41) is 8.79. The van der Waals surface area contributed by atoms with Gasteiger partial charge in [0.25, 0.3) is 0 Å². The van der Waals surface area contributed by atoms with Gasteiger partial charge in [-0.1, -0.05) is 6.07 Å². The third kappa shape index (κ3) is 3.36. The number of nitrogens with zero attached hydrogens (tertiary/aromatic N) is 1. The average molecular weight is 269 g/mol. The van der Waals surface area contributed by atoms with Crippen LogP contribution in [0, 0.1) is 11.3 Å². The Labute approximate surface area is 115 Å². The zero-order valence-corrected chi connectivity index (χ0v) is 11.1. The van der Waals surface area contributed by atoms with Gasteiger partial charge in [-0.05, 0) is 48.7 Å². The zero-order valence-electron chi connectivity index (χ0n) is 10.3. The first-order valence-corrected chi connectivity index (χ1v) is 6.82. The van der Waals surface area contributed by atoms with Crippen LogP contribution in [-0.2, 0) is 0 Å². The fourth-order valence-corrected chi connectivity index (χ4v) is 1.93. The molecule has 2 aromatic rings. The topological polar surface area (TPSA) is 50.1 Å². The van der Waals surface area contributed by atoms with Crippen LogP contribution in [0.15, 0.2) is 53.4 Å². The molecule has 4 heteroatoms. The number of carbonyl (C=O) groups is 1. The summed E-state index contributed by atoms with van der Waals surface area (Å²) in [4.78, 5) is 13.0. The van der Waals surface area contributed by atoms with Crippen LogP contribution in [0.2, 0.25) is 0 Å². The first-order valence-electron chi connectivity index (χ1n) is 5.59. The predicted octanol–water partition coefficient (Wildman–Crippen LogP) is 3.50. The van der Waals surface area contributed by atoms with E-state index in [2.05, 4.69) is 0 Å². The van der Waals surface area contributed by atoms with E-state index in [0.29, 0.717) is 16.9 Å². The van der Waals surface area contributed by atoms with Crippen LogP contribution < -0.4 is 4.74 Å². The van der Waals surface area contributed by atoms with Crippen molar-refractivity contribution in [3.63, 3.8) is 0 Å². The molecule has 0 aliphatic carbocycles. The van der Waals surface area contributed by atoms with E-state index < -0.39 is 5.97 Å². The van der Waals surface area contributed by atoms with Crippen LogP contribution in [0.1, 0.15) is 15.9 Å². The summed E-state index contributed by atoms with van der Waals surface area (Å²) in [7, 11) is 0. The lowest BCUT2D eigenvalue weighted by Gasteiger charge is -2.05. The summed E-state index contributed by atoms with van der Waals surface area (Å²) in [5.41, 5.74) is 0.806. The maximum atomic E-state index is 11.9. The molecule has 19 heavy (non-hydrogen) atoms. The van der Waals surface area contributed by atoms with Gasteiger partial charge in [0.15, 0.2) is 0 Å². The third-order valence-corrected chi connectivity index (χ3v) is 3.24. The Balaban J connectivity index is 2.13. The van der Waals surface area contributed by atoms with Gasteiger partial charge in [0, 0.05) is 4.90 Å². The van der Waals surface area contributed by atoms with E-state index in [1.807, 2.05) is 24.5 Å². The van der Waals surface area contributed by atoms with E-state index in [4.69, 9.17) is 10.00 Å². The predicted molar refractivity (Wildman–Crippen MR) is 74.3 cm³/mol. The molecule has 3 nitrogen and oxygen atoms in total. The SMILES string of the molecule is CSc1ccc(OC(=O)c2cccc(C#N)c2)cc1. The number of hydrogen-bond donors (Lipinski definition) is 0. The van der Waals surface area contributed by atoms with Gasteiger partial charge in [-0.3, -0.25) is 0 Å². The molecule has 2 aromatic carbocycles. The maximum absolute atomic E-state index is 11.9. The first kappa shape index (κ1) is 13.2. The molecular weight excluding hydrogens is 258 g/mol. The summed E-state index contributed by atoms with van der Waals surface area (Å²) in [5.74, 6) is 0.0270. The number of rotatable bonds is 3. The van der Waals surface area contributed by atoms with Crippen molar-refractivity contribution in [1.29, 1.82) is 5.26 Å². The highest BCUT2D eigenvalue weighted by atomic mass is 32.2. The van der Waals surface area contributed by atoms with Crippen LogP contribution in [-0.4, -0.2) is 12.2 Å². The average Bonchev–Trinajstić information content (AvgIpc) is 2.48. The lowest BCUT2D eigenvalue weighted by molar-refractivity contribution is 0.0734. The van der Waals surface area contributed by atoms with Gasteiger partial charge in [0.05, 0.1) is 17.2 Å². The molecule has 0 atom stereocenters. The molecular formula is C15H11NO2S. The number of carbonyl (C=O) groups excluding carboxylic acids is 1. The number of benzene rings is 2. The fourth-order valence-electron chi connectivity index (χ4n) is 1.53. The molecule has 2 rings (SSSR count). The molecule has 0 radical (unpaired) electrons. The second-order valence-corrected chi connectivity index (χ2v) is 4.64. The third-order valence-electron chi connectivity index (χ3n) is 2.50. The second kappa shape index (κ2) is 6.07. The van der Waals surface area contributed by atoms with Crippen molar-refractivity contribution in [2.75, 3.05) is 6.26 Å². The summed E-state index contributed by atoms with van der Waals surface area (Å²) in [6.45, 7) is 0. The van der Waals surface area contributed by atoms with E-state index in [9.17, 15) is 4.79 Å². The molecule has 0 heterocycles. The van der Waals surface area contributed by atoms with E-state index in [1.165, 1.54) is 6.07 Å². The number of nitriles is 1. The van der Waals surface area contributed by atoms with Gasteiger partial charge in [0.1, 0.15) is 5.75 Å². The Hall–Kier alpha value is -2.25. The van der Waals surface area contributed by atoms with Crippen LogP contribution in [0.4, 0.5) is 0 Å². The largest absolute Gasteiger partial charge is 0.423 e. The molecule has 0 bridgehead atoms. The lowest BCUT2D eigenvalue weighted by atomic mass is 10.1. The monoisotopic (exact) mass is 269 g/mol. The molecule has 0 fully saturated rings. The zero-order chi connectivity index (χ0) is 13.7. The molecule has 94 valence electrons. The van der Waals surface area contributed by atoms with Crippen molar-refractivity contribution in [3.05, 3.63) is 59.7 Å². The highest BCUT2D eigenvalue weighted by Crippen LogP contribution is 2.20. The smallest absolute Gasteiger partial charge is 0.343 e. The van der Waals surface area contributed by atoms with E-state index in [0.717, 1.165) is 4.90 Å². The summed E-state index contributed by atoms with van der Waals surface area (Å²) in [6, 6.07) is 15.7. The van der Waals surface area contributed by atoms with E-state index >= 15 is 0 Å². The van der Waals surface area contributed by atoms with Crippen LogP contribution in [0.3, 0.4) is 0 Å². The van der Waals surface area contributed by atoms with Crippen LogP contribution in [0.5, 0.6) is 5.75 Å². The normalized spacial score (nSPS) is 9.68. The standard InChI is InChI=1S/C15H11NO2S/c1-19-14-7-5-13(6-8-14)18-15(17)12-4-2-3-11(9-12)10-16/h2-9H,1H3. The molecule has 0 aliphatic heterocycles. The minimum Gasteiger partial charge on any atom is -0.423 e. The lowest BCUT2D eigenvalue weighted by Crippen LogP contribution is -2.08. The van der Waals surface area contributed by atoms with Gasteiger partial charge in [-0.2, -0.15) is 5.26 Å². The van der Waals surface area contributed by atoms with Gasteiger partial charge >= 0.3 is 5.97 Å². The summed E-state index contributed by atoms with van der Waals surface area (Å²) < 4.78 is 5.24. The number of hydrogen-bond acceptors (Lipinski definition) is 4. The van der Waals surface area contributed by atoms with Crippen molar-refractivity contribution in [1.82, 2.24) is 0 Å². The first-order chi connectivity index (χ1) is 9.22. The molecule has 0 amide bonds. The van der Waals surface area contributed by atoms with Gasteiger partial charge in [-0.15, -0.1) is 11.8 Å². The number of thioether (sulfide) groups is 1. The Morgan fingerprint density at radius 2 is 1.95 bits per heavy atom. The van der Waals surface area contributed by atoms with Crippen molar-refractivity contribution >= 4 is 17.7 Å². The summed E-state index contributed by atoms with van der Waals surface area (Å²) in [6.07, 6.45) is 1.98. The summed E-state index contributed by atoms with van der Waals surface area (Å²) >= 11 is 1.62. The minimum atomic E-state index is -0.464. The van der Waals surface area contributed by atoms with Crippen LogP contribution in [0.25, 0.3) is 0 Å². The highest BCUT2D eigenvalue weighted by molar-refractivity contribution is 7.98. The molecule has 0 spiro atoms. The van der Waals surface area contributed by atoms with Gasteiger partial charge in [-0.25, -0.2) is 4.79 Å². The highest BCUT2D eigenvalue weighted by Gasteiger charge is 2.09. The van der Waals surface area contributed by atoms with Gasteiger partial charge in [0.2, 0.25) is 0 Å². The molecule has 0 aliphatic rings. The minimum absolute atomic E-state index is 0.369. The van der Waals surface area contributed by atoms with Crippen molar-refractivity contribution in [2.24, 2.45) is 0 Å². The van der Waals surface area contributed by atoms with E-state index in [1.54, 1.807) is 42.1 Å². The number of ether oxygens (including phenoxy) is 1. The van der Waals surface area contributed by atoms with Crippen molar-refractivity contribution in [2.45, 2.75) is 4.90 Å². The Bertz CT molecular complexity index is 629. The molecule has 0 saturated heterocycles. The molecule has 0 saturated carbocycles. The Morgan fingerprint density at radius 3 is 2.58 bits per heavy atom. The van der Waals surface area contributed by atoms with Crippen molar-refractivity contribution in [3.8, 4) is 11.8 Å². The quantitative estimate of drug-likeness (QED) is 0.486. The van der Waals surface area contributed by atoms with Gasteiger partial charge < -0.3 is 4.74 Å².